The zero-order chi connectivity index (χ0) is 14.7. The van der Waals surface area contributed by atoms with E-state index in [-0.39, 0.29) is 5.91 Å². The van der Waals surface area contributed by atoms with Gasteiger partial charge in [0.1, 0.15) is 0 Å². The second-order valence-electron chi connectivity index (χ2n) is 4.53. The average molecular weight is 298 g/mol. The number of nitrogen functional groups attached to an aromatic ring is 1. The van der Waals surface area contributed by atoms with Crippen LogP contribution in [0.25, 0.3) is 11.1 Å². The van der Waals surface area contributed by atoms with Gasteiger partial charge in [0.2, 0.25) is 0 Å². The molecule has 3 aromatic rings. The first-order valence-electron chi connectivity index (χ1n) is 6.44. The first kappa shape index (κ1) is 13.5. The molecule has 0 fully saturated rings. The fourth-order valence-electron chi connectivity index (χ4n) is 2.05. The Bertz CT molecular complexity index is 748. The molecule has 1 amide bonds. The van der Waals surface area contributed by atoms with Gasteiger partial charge >= 0.3 is 0 Å². The van der Waals surface area contributed by atoms with E-state index in [0.29, 0.717) is 11.4 Å². The Morgan fingerprint density at radius 3 is 2.76 bits per heavy atom. The predicted octanol–water partition coefficient (Wildman–Crippen LogP) is 2.26. The second-order valence-corrected chi connectivity index (χ2v) is 5.70. The van der Waals surface area contributed by atoms with Gasteiger partial charge in [-0.3, -0.25) is 14.9 Å². The SMILES string of the molecule is NNC(=O)c1ccc(Cn2cc(-c3ccccc3)cn2)s1. The normalized spacial score (nSPS) is 10.5. The van der Waals surface area contributed by atoms with E-state index >= 15 is 0 Å². The minimum absolute atomic E-state index is 0.267. The van der Waals surface area contributed by atoms with Crippen LogP contribution < -0.4 is 11.3 Å². The number of carbonyl (C=O) groups excluding carboxylic acids is 1. The van der Waals surface area contributed by atoms with E-state index in [9.17, 15) is 4.79 Å². The minimum atomic E-state index is -0.267. The monoisotopic (exact) mass is 298 g/mol. The highest BCUT2D eigenvalue weighted by atomic mass is 32.1. The smallest absolute Gasteiger partial charge is 0.275 e. The number of aromatic nitrogens is 2. The Labute approximate surface area is 126 Å². The van der Waals surface area contributed by atoms with E-state index in [4.69, 9.17) is 5.84 Å². The highest BCUT2D eigenvalue weighted by Crippen LogP contribution is 2.20. The molecule has 21 heavy (non-hydrogen) atoms. The molecule has 106 valence electrons. The van der Waals surface area contributed by atoms with Crippen molar-refractivity contribution in [3.8, 4) is 11.1 Å². The standard InChI is InChI=1S/C15H14N4OS/c16-18-15(20)14-7-6-13(21-14)10-19-9-12(8-17-19)11-4-2-1-3-5-11/h1-9H,10,16H2,(H,18,20). The Hall–Kier alpha value is -2.44. The summed E-state index contributed by atoms with van der Waals surface area (Å²) >= 11 is 1.41. The van der Waals surface area contributed by atoms with Crippen LogP contribution in [-0.4, -0.2) is 15.7 Å². The van der Waals surface area contributed by atoms with E-state index in [0.717, 1.165) is 16.0 Å². The minimum Gasteiger partial charge on any atom is -0.289 e. The summed E-state index contributed by atoms with van der Waals surface area (Å²) < 4.78 is 1.86. The van der Waals surface area contributed by atoms with Crippen molar-refractivity contribution in [3.63, 3.8) is 0 Å². The third-order valence-corrected chi connectivity index (χ3v) is 4.14. The maximum atomic E-state index is 11.4. The number of rotatable bonds is 4. The van der Waals surface area contributed by atoms with Gasteiger partial charge in [-0.25, -0.2) is 5.84 Å². The van der Waals surface area contributed by atoms with Gasteiger partial charge in [0.15, 0.2) is 0 Å². The molecular formula is C15H14N4OS. The van der Waals surface area contributed by atoms with Gasteiger partial charge in [0.05, 0.1) is 17.6 Å². The number of hydrazine groups is 1. The summed E-state index contributed by atoms with van der Waals surface area (Å²) in [5.41, 5.74) is 4.35. The molecule has 6 heteroatoms. The van der Waals surface area contributed by atoms with Crippen LogP contribution in [0.1, 0.15) is 14.5 Å². The van der Waals surface area contributed by atoms with Crippen molar-refractivity contribution in [2.45, 2.75) is 6.54 Å². The molecule has 2 aromatic heterocycles. The molecule has 0 bridgehead atoms. The number of nitrogens with one attached hydrogen (secondary N) is 1. The summed E-state index contributed by atoms with van der Waals surface area (Å²) in [4.78, 5) is 13.1. The summed E-state index contributed by atoms with van der Waals surface area (Å²) in [7, 11) is 0. The number of thiophene rings is 1. The van der Waals surface area contributed by atoms with Crippen LogP contribution in [-0.2, 0) is 6.54 Å². The zero-order valence-corrected chi connectivity index (χ0v) is 12.0. The lowest BCUT2D eigenvalue weighted by Crippen LogP contribution is -2.29. The van der Waals surface area contributed by atoms with Gasteiger partial charge in [-0.05, 0) is 17.7 Å². The van der Waals surface area contributed by atoms with Gasteiger partial charge in [-0.1, -0.05) is 30.3 Å². The van der Waals surface area contributed by atoms with Gasteiger partial charge in [-0.15, -0.1) is 11.3 Å². The highest BCUT2D eigenvalue weighted by molar-refractivity contribution is 7.14. The third-order valence-electron chi connectivity index (χ3n) is 3.07. The lowest BCUT2D eigenvalue weighted by molar-refractivity contribution is 0.0957. The van der Waals surface area contributed by atoms with Crippen molar-refractivity contribution in [2.75, 3.05) is 0 Å². The summed E-state index contributed by atoms with van der Waals surface area (Å²) in [6, 6.07) is 13.8. The Morgan fingerprint density at radius 2 is 2.00 bits per heavy atom. The summed E-state index contributed by atoms with van der Waals surface area (Å²) in [5.74, 6) is 4.86. The largest absolute Gasteiger partial charge is 0.289 e. The van der Waals surface area contributed by atoms with E-state index in [1.165, 1.54) is 11.3 Å². The molecule has 3 N–H and O–H groups in total. The molecule has 0 unspecified atom stereocenters. The molecule has 0 aliphatic rings. The van der Waals surface area contributed by atoms with Gasteiger partial charge in [-0.2, -0.15) is 5.10 Å². The quantitative estimate of drug-likeness (QED) is 0.441. The van der Waals surface area contributed by atoms with Crippen LogP contribution in [0.5, 0.6) is 0 Å². The summed E-state index contributed by atoms with van der Waals surface area (Å²) in [5, 5.41) is 4.36. The number of nitrogens with two attached hydrogens (primary N) is 1. The van der Waals surface area contributed by atoms with E-state index in [2.05, 4.69) is 22.7 Å². The molecule has 0 spiro atoms. The molecule has 0 radical (unpaired) electrons. The third kappa shape index (κ3) is 3.01. The van der Waals surface area contributed by atoms with E-state index in [1.807, 2.05) is 41.3 Å². The van der Waals surface area contributed by atoms with Crippen molar-refractivity contribution in [3.05, 3.63) is 64.6 Å². The van der Waals surface area contributed by atoms with Crippen LogP contribution >= 0.6 is 11.3 Å². The van der Waals surface area contributed by atoms with Crippen molar-refractivity contribution in [2.24, 2.45) is 5.84 Å². The maximum Gasteiger partial charge on any atom is 0.275 e. The molecular weight excluding hydrogens is 284 g/mol. The number of amides is 1. The number of nitrogens with zero attached hydrogens (tertiary/aromatic N) is 2. The number of benzene rings is 1. The topological polar surface area (TPSA) is 72.9 Å². The Balaban J connectivity index is 1.76. The number of carbonyl (C=O) groups is 1. The zero-order valence-electron chi connectivity index (χ0n) is 11.2. The van der Waals surface area contributed by atoms with Crippen LogP contribution in [0.15, 0.2) is 54.9 Å². The van der Waals surface area contributed by atoms with Crippen LogP contribution in [0, 0.1) is 0 Å². The van der Waals surface area contributed by atoms with Crippen molar-refractivity contribution in [1.82, 2.24) is 15.2 Å². The fourth-order valence-corrected chi connectivity index (χ4v) is 2.95. The molecule has 0 saturated carbocycles. The molecule has 0 saturated heterocycles. The number of hydrogen-bond acceptors (Lipinski definition) is 4. The van der Waals surface area contributed by atoms with E-state index < -0.39 is 0 Å². The molecule has 0 aliphatic heterocycles. The second kappa shape index (κ2) is 5.90. The molecule has 0 atom stereocenters. The van der Waals surface area contributed by atoms with Crippen LogP contribution in [0.4, 0.5) is 0 Å². The average Bonchev–Trinajstić information content (AvgIpc) is 3.17. The molecule has 0 aliphatic carbocycles. The maximum absolute atomic E-state index is 11.4. The first-order valence-corrected chi connectivity index (χ1v) is 7.25. The lowest BCUT2D eigenvalue weighted by atomic mass is 10.1. The lowest BCUT2D eigenvalue weighted by Gasteiger charge is -1.98. The van der Waals surface area contributed by atoms with Crippen LogP contribution in [0.3, 0.4) is 0 Å². The number of hydrogen-bond donors (Lipinski definition) is 2. The van der Waals surface area contributed by atoms with Crippen LogP contribution in [0.2, 0.25) is 0 Å². The van der Waals surface area contributed by atoms with E-state index in [1.54, 1.807) is 6.07 Å². The fraction of sp³-hybridized carbons (Fsp3) is 0.0667. The predicted molar refractivity (Wildman–Crippen MR) is 82.7 cm³/mol. The molecule has 2 heterocycles. The first-order chi connectivity index (χ1) is 10.3. The Kier molecular flexibility index (Phi) is 3.81. The van der Waals surface area contributed by atoms with Gasteiger partial charge in [0, 0.05) is 16.6 Å². The van der Waals surface area contributed by atoms with Crippen molar-refractivity contribution in [1.29, 1.82) is 0 Å². The summed E-state index contributed by atoms with van der Waals surface area (Å²) in [6.07, 6.45) is 3.84. The Morgan fingerprint density at radius 1 is 1.19 bits per heavy atom. The van der Waals surface area contributed by atoms with Gasteiger partial charge < -0.3 is 0 Å². The molecule has 3 rings (SSSR count). The van der Waals surface area contributed by atoms with Gasteiger partial charge in [0.25, 0.3) is 5.91 Å². The molecule has 1 aromatic carbocycles. The summed E-state index contributed by atoms with van der Waals surface area (Å²) in [6.45, 7) is 0.634. The van der Waals surface area contributed by atoms with Crippen molar-refractivity contribution < 1.29 is 4.79 Å². The molecule has 5 nitrogen and oxygen atoms in total. The van der Waals surface area contributed by atoms with Crippen molar-refractivity contribution >= 4 is 17.2 Å². The highest BCUT2D eigenvalue weighted by Gasteiger charge is 2.08.